The summed E-state index contributed by atoms with van der Waals surface area (Å²) >= 11 is 0. The lowest BCUT2D eigenvalue weighted by atomic mass is 9.66. The summed E-state index contributed by atoms with van der Waals surface area (Å²) in [6, 6.07) is 8.84. The number of carbonyl (C=O) groups is 2. The molecule has 4 atom stereocenters. The van der Waals surface area contributed by atoms with Crippen molar-refractivity contribution >= 4 is 29.3 Å². The monoisotopic (exact) mass is 538 g/mol. The minimum atomic E-state index is -0.941. The van der Waals surface area contributed by atoms with Crippen molar-refractivity contribution in [2.45, 2.75) is 52.7 Å². The topological polar surface area (TPSA) is 154 Å². The normalized spacial score (nSPS) is 22.6. The predicted octanol–water partition coefficient (Wildman–Crippen LogP) is 4.00. The Labute approximate surface area is 226 Å². The van der Waals surface area contributed by atoms with Crippen molar-refractivity contribution in [1.82, 2.24) is 0 Å². The second kappa shape index (κ2) is 11.6. The van der Waals surface area contributed by atoms with Crippen LogP contribution in [-0.2, 0) is 16.2 Å². The van der Waals surface area contributed by atoms with Gasteiger partial charge in [0, 0.05) is 18.1 Å². The average Bonchev–Trinajstić information content (AvgIpc) is 3.47. The fourth-order valence-electron chi connectivity index (χ4n) is 5.84. The number of hydrogen-bond acceptors (Lipinski definition) is 8. The molecule has 10 nitrogen and oxygen atoms in total. The quantitative estimate of drug-likeness (QED) is 0.178. The van der Waals surface area contributed by atoms with E-state index in [0.29, 0.717) is 29.9 Å². The highest BCUT2D eigenvalue weighted by Crippen LogP contribution is 2.49. The summed E-state index contributed by atoms with van der Waals surface area (Å²) < 4.78 is 5.50. The van der Waals surface area contributed by atoms with E-state index in [1.807, 2.05) is 26.8 Å². The first-order chi connectivity index (χ1) is 18.6. The number of nitrogens with zero attached hydrogens (tertiary/aromatic N) is 2. The smallest absolute Gasteiger partial charge is 0.271 e. The second-order valence-electron chi connectivity index (χ2n) is 10.6. The minimum absolute atomic E-state index is 0.0314. The number of amides is 2. The molecule has 2 amide bonds. The predicted molar refractivity (Wildman–Crippen MR) is 143 cm³/mol. The molecule has 208 valence electrons. The van der Waals surface area contributed by atoms with Crippen LogP contribution in [0.2, 0.25) is 0 Å². The maximum Gasteiger partial charge on any atom is 0.271 e. The minimum Gasteiger partial charge on any atom is -0.459 e. The maximum atomic E-state index is 13.6. The highest BCUT2D eigenvalue weighted by molar-refractivity contribution is 6.22. The number of imide groups is 1. The molecule has 0 spiro atoms. The van der Waals surface area contributed by atoms with E-state index in [9.17, 15) is 35.0 Å². The van der Waals surface area contributed by atoms with Crippen molar-refractivity contribution in [2.75, 3.05) is 11.5 Å². The van der Waals surface area contributed by atoms with Gasteiger partial charge in [0.2, 0.25) is 11.8 Å². The SMILES string of the molecule is C/C(=C\c1ccc(CO)o1)CC[C@@H](O)C1=C(C(C)C)C[C@H]2C(=O)N(c3cccc([N+](=O)[O-])c3)C(=O)[C@H]2[C@H]1CO. The van der Waals surface area contributed by atoms with Crippen LogP contribution in [0.3, 0.4) is 0 Å². The fourth-order valence-corrected chi connectivity index (χ4v) is 5.84. The molecule has 1 saturated heterocycles. The largest absolute Gasteiger partial charge is 0.459 e. The number of anilines is 1. The van der Waals surface area contributed by atoms with E-state index in [-0.39, 0.29) is 30.3 Å². The van der Waals surface area contributed by atoms with Crippen LogP contribution in [0.4, 0.5) is 11.4 Å². The molecule has 2 aliphatic rings. The van der Waals surface area contributed by atoms with Gasteiger partial charge in [0.05, 0.1) is 35.2 Å². The Morgan fingerprint density at radius 2 is 1.95 bits per heavy atom. The second-order valence-corrected chi connectivity index (χ2v) is 10.6. The van der Waals surface area contributed by atoms with Gasteiger partial charge in [-0.2, -0.15) is 0 Å². The van der Waals surface area contributed by atoms with Gasteiger partial charge in [-0.1, -0.05) is 31.1 Å². The Bertz CT molecular complexity index is 1320. The number of fused-ring (bicyclic) bond motifs is 1. The van der Waals surface area contributed by atoms with E-state index in [2.05, 4.69) is 0 Å². The van der Waals surface area contributed by atoms with Gasteiger partial charge in [-0.25, -0.2) is 4.90 Å². The van der Waals surface area contributed by atoms with Crippen LogP contribution in [0.5, 0.6) is 0 Å². The van der Waals surface area contributed by atoms with Gasteiger partial charge in [0.1, 0.15) is 18.1 Å². The van der Waals surface area contributed by atoms with Crippen molar-refractivity contribution in [3.8, 4) is 0 Å². The van der Waals surface area contributed by atoms with Gasteiger partial charge >= 0.3 is 0 Å². The van der Waals surface area contributed by atoms with Gasteiger partial charge in [-0.05, 0) is 62.0 Å². The highest BCUT2D eigenvalue weighted by Gasteiger charge is 2.55. The summed E-state index contributed by atoms with van der Waals surface area (Å²) in [5.41, 5.74) is 2.29. The molecule has 0 radical (unpaired) electrons. The molecule has 2 aromatic rings. The lowest BCUT2D eigenvalue weighted by molar-refractivity contribution is -0.384. The number of aliphatic hydroxyl groups excluding tert-OH is 3. The van der Waals surface area contributed by atoms with Gasteiger partial charge < -0.3 is 19.7 Å². The van der Waals surface area contributed by atoms with Crippen LogP contribution in [0.1, 0.15) is 51.6 Å². The third-order valence-corrected chi connectivity index (χ3v) is 7.71. The first-order valence-corrected chi connectivity index (χ1v) is 13.1. The van der Waals surface area contributed by atoms with Gasteiger partial charge in [-0.15, -0.1) is 0 Å². The van der Waals surface area contributed by atoms with E-state index in [1.54, 1.807) is 12.1 Å². The molecule has 39 heavy (non-hydrogen) atoms. The molecular weight excluding hydrogens is 504 g/mol. The maximum absolute atomic E-state index is 13.6. The average molecular weight is 539 g/mol. The molecule has 2 heterocycles. The number of carbonyl (C=O) groups excluding carboxylic acids is 2. The Morgan fingerprint density at radius 1 is 1.21 bits per heavy atom. The molecule has 0 saturated carbocycles. The van der Waals surface area contributed by atoms with E-state index >= 15 is 0 Å². The number of allylic oxidation sites excluding steroid dienone is 2. The van der Waals surface area contributed by atoms with Crippen molar-refractivity contribution < 1.29 is 34.2 Å². The van der Waals surface area contributed by atoms with Crippen LogP contribution in [0, 0.1) is 33.8 Å². The van der Waals surface area contributed by atoms with E-state index in [4.69, 9.17) is 4.42 Å². The highest BCUT2D eigenvalue weighted by atomic mass is 16.6. The molecule has 1 aliphatic heterocycles. The first-order valence-electron chi connectivity index (χ1n) is 13.1. The van der Waals surface area contributed by atoms with Crippen LogP contribution < -0.4 is 4.90 Å². The zero-order valence-electron chi connectivity index (χ0n) is 22.2. The number of nitro groups is 1. The van der Waals surface area contributed by atoms with Gasteiger partial charge in [0.25, 0.3) is 5.69 Å². The third-order valence-electron chi connectivity index (χ3n) is 7.71. The molecular formula is C29H34N2O8. The van der Waals surface area contributed by atoms with Gasteiger partial charge in [0.15, 0.2) is 0 Å². The number of aliphatic hydroxyl groups is 3. The Morgan fingerprint density at radius 3 is 2.56 bits per heavy atom. The molecule has 1 aliphatic carbocycles. The van der Waals surface area contributed by atoms with Crippen LogP contribution in [0.25, 0.3) is 6.08 Å². The molecule has 10 heteroatoms. The van der Waals surface area contributed by atoms with Crippen molar-refractivity contribution in [2.24, 2.45) is 23.7 Å². The van der Waals surface area contributed by atoms with E-state index in [0.717, 1.165) is 16.0 Å². The molecule has 0 unspecified atom stereocenters. The summed E-state index contributed by atoms with van der Waals surface area (Å²) in [5.74, 6) is -2.29. The zero-order valence-corrected chi connectivity index (χ0v) is 22.2. The summed E-state index contributed by atoms with van der Waals surface area (Å²) in [7, 11) is 0. The molecule has 1 fully saturated rings. The summed E-state index contributed by atoms with van der Waals surface area (Å²) in [4.78, 5) is 38.8. The Kier molecular flexibility index (Phi) is 8.48. The molecule has 0 bridgehead atoms. The standard InChI is InChI=1S/C29H34N2O8/c1-16(2)22-13-23-27(29(36)30(28(23)35)18-5-4-6-19(12-18)31(37)38)24(15-33)26(22)25(34)10-7-17(3)11-20-8-9-21(14-32)39-20/h4-6,8-9,11-12,16,23-25,27,32-34H,7,10,13-15H2,1-3H3/b17-11+/t23-,24+,25-,27-/m1/s1. The molecule has 3 N–H and O–H groups in total. The summed E-state index contributed by atoms with van der Waals surface area (Å²) in [5, 5.41) is 42.3. The molecule has 1 aromatic carbocycles. The number of rotatable bonds is 10. The van der Waals surface area contributed by atoms with Crippen LogP contribution >= 0.6 is 0 Å². The summed E-state index contributed by atoms with van der Waals surface area (Å²) in [6.07, 6.45) is 2.02. The Balaban J connectivity index is 1.60. The summed E-state index contributed by atoms with van der Waals surface area (Å²) in [6.45, 7) is 5.20. The van der Waals surface area contributed by atoms with E-state index in [1.165, 1.54) is 24.3 Å². The lowest BCUT2D eigenvalue weighted by Gasteiger charge is -2.38. The van der Waals surface area contributed by atoms with Crippen molar-refractivity contribution in [3.05, 3.63) is 74.8 Å². The van der Waals surface area contributed by atoms with Crippen molar-refractivity contribution in [3.63, 3.8) is 0 Å². The number of nitro benzene ring substituents is 1. The third kappa shape index (κ3) is 5.59. The number of benzene rings is 1. The number of non-ortho nitro benzene ring substituents is 1. The lowest BCUT2D eigenvalue weighted by Crippen LogP contribution is -2.39. The van der Waals surface area contributed by atoms with E-state index < -0.39 is 47.2 Å². The van der Waals surface area contributed by atoms with Crippen LogP contribution in [-0.4, -0.2) is 44.8 Å². The molecule has 4 rings (SSSR count). The van der Waals surface area contributed by atoms with Crippen molar-refractivity contribution in [1.29, 1.82) is 0 Å². The fraction of sp³-hybridized carbons (Fsp3) is 0.448. The molecule has 1 aromatic heterocycles. The number of hydrogen-bond donors (Lipinski definition) is 3. The zero-order chi connectivity index (χ0) is 28.4. The Hall–Kier alpha value is -3.60. The van der Waals surface area contributed by atoms with Gasteiger partial charge in [-0.3, -0.25) is 19.7 Å². The number of furan rings is 1. The van der Waals surface area contributed by atoms with Crippen LogP contribution in [0.15, 0.2) is 57.5 Å². The first kappa shape index (κ1) is 28.4.